The molecule has 0 radical (unpaired) electrons. The van der Waals surface area contributed by atoms with Gasteiger partial charge in [-0.2, -0.15) is 25.0 Å². The maximum absolute atomic E-state index is 12.8. The number of hydrazone groups is 1. The zero-order chi connectivity index (χ0) is 34.1. The van der Waals surface area contributed by atoms with E-state index in [2.05, 4.69) is 62.5 Å². The van der Waals surface area contributed by atoms with Gasteiger partial charge in [0.05, 0.1) is 13.3 Å². The quantitative estimate of drug-likeness (QED) is 0.175. The van der Waals surface area contributed by atoms with Crippen molar-refractivity contribution in [2.24, 2.45) is 32.2 Å². The smallest absolute Gasteiger partial charge is 0.332 e. The molecule has 1 fully saturated rings. The SMILES string of the molecule is COc1cc(/C=N\Nc2nc(Nc3cccc(C)c3C)nc(N3CCC(C)CC3)n2)ccc1Oc1nc2c(c(=O)n(C)c(=O)n2C)n1C. The molecule has 1 aliphatic heterocycles. The number of methoxy groups -OCH3 is 1. The fourth-order valence-electron chi connectivity index (χ4n) is 5.53. The van der Waals surface area contributed by atoms with Crippen molar-refractivity contribution < 1.29 is 9.47 Å². The summed E-state index contributed by atoms with van der Waals surface area (Å²) in [5, 5.41) is 7.76. The second kappa shape index (κ2) is 13.2. The molecule has 15 nitrogen and oxygen atoms in total. The zero-order valence-corrected chi connectivity index (χ0v) is 28.1. The molecule has 0 amide bonds. The summed E-state index contributed by atoms with van der Waals surface area (Å²) in [6.45, 7) is 8.13. The molecule has 15 heteroatoms. The van der Waals surface area contributed by atoms with Gasteiger partial charge in [-0.3, -0.25) is 18.5 Å². The van der Waals surface area contributed by atoms with E-state index in [0.717, 1.165) is 41.7 Å². The second-order valence-corrected chi connectivity index (χ2v) is 12.0. The van der Waals surface area contributed by atoms with Crippen molar-refractivity contribution in [3.8, 4) is 17.5 Å². The third-order valence-electron chi connectivity index (χ3n) is 8.74. The maximum Gasteiger partial charge on any atom is 0.332 e. The average Bonchev–Trinajstić information content (AvgIpc) is 3.41. The van der Waals surface area contributed by atoms with Gasteiger partial charge in [0.2, 0.25) is 17.8 Å². The number of benzene rings is 2. The largest absolute Gasteiger partial charge is 0.493 e. The van der Waals surface area contributed by atoms with Gasteiger partial charge < -0.3 is 19.7 Å². The van der Waals surface area contributed by atoms with Crippen LogP contribution in [0.25, 0.3) is 11.2 Å². The van der Waals surface area contributed by atoms with Crippen molar-refractivity contribution in [3.05, 3.63) is 73.9 Å². The van der Waals surface area contributed by atoms with E-state index in [1.54, 1.807) is 38.5 Å². The maximum atomic E-state index is 12.8. The van der Waals surface area contributed by atoms with Gasteiger partial charge in [-0.15, -0.1) is 0 Å². The van der Waals surface area contributed by atoms with Gasteiger partial charge in [-0.05, 0) is 73.6 Å². The molecule has 2 aromatic carbocycles. The molecule has 0 unspecified atom stereocenters. The number of ether oxygens (including phenoxy) is 2. The Bertz CT molecular complexity index is 2140. The summed E-state index contributed by atoms with van der Waals surface area (Å²) < 4.78 is 15.5. The van der Waals surface area contributed by atoms with Gasteiger partial charge in [0, 0.05) is 39.9 Å². The number of aromatic nitrogens is 7. The molecule has 4 heterocycles. The summed E-state index contributed by atoms with van der Waals surface area (Å²) >= 11 is 0. The standard InChI is InChI=1S/C33H39N11O4/c1-19-13-15-44(16-14-19)31-38-29(35-23-10-8-9-20(2)21(23)3)37-30(39-31)40-34-18-22-11-12-24(25(17-22)47-7)48-32-36-27-26(41(32)4)28(45)43(6)33(46)42(27)5/h8-12,17-19H,13-16H2,1-7H3,(H2,35,37,38,39,40)/b34-18-. The predicted octanol–water partition coefficient (Wildman–Crippen LogP) is 4.00. The monoisotopic (exact) mass is 653 g/mol. The minimum absolute atomic E-state index is 0.128. The highest BCUT2D eigenvalue weighted by Crippen LogP contribution is 2.32. The molecular weight excluding hydrogens is 614 g/mol. The molecule has 0 spiro atoms. The third kappa shape index (κ3) is 6.30. The summed E-state index contributed by atoms with van der Waals surface area (Å²) in [5.74, 6) is 2.76. The van der Waals surface area contributed by atoms with Crippen LogP contribution in [-0.2, 0) is 21.1 Å². The fraction of sp³-hybridized carbons (Fsp3) is 0.364. The summed E-state index contributed by atoms with van der Waals surface area (Å²) in [6, 6.07) is 11.4. The van der Waals surface area contributed by atoms with Crippen LogP contribution in [0.15, 0.2) is 51.1 Å². The first-order valence-corrected chi connectivity index (χ1v) is 15.7. The van der Waals surface area contributed by atoms with E-state index in [9.17, 15) is 9.59 Å². The van der Waals surface area contributed by atoms with Crippen LogP contribution in [0, 0.1) is 19.8 Å². The Balaban J connectivity index is 1.24. The molecule has 5 aromatic rings. The number of anilines is 4. The molecule has 0 bridgehead atoms. The number of hydrogen-bond donors (Lipinski definition) is 2. The Hall–Kier alpha value is -5.73. The summed E-state index contributed by atoms with van der Waals surface area (Å²) in [5.41, 5.74) is 6.40. The summed E-state index contributed by atoms with van der Waals surface area (Å²) in [6.07, 6.45) is 3.76. The van der Waals surface area contributed by atoms with Gasteiger partial charge in [0.15, 0.2) is 22.7 Å². The highest BCUT2D eigenvalue weighted by atomic mass is 16.5. The van der Waals surface area contributed by atoms with Gasteiger partial charge in [-0.25, -0.2) is 10.2 Å². The molecular formula is C33H39N11O4. The predicted molar refractivity (Wildman–Crippen MR) is 185 cm³/mol. The Kier molecular flexibility index (Phi) is 8.84. The van der Waals surface area contributed by atoms with E-state index in [1.807, 2.05) is 12.1 Å². The highest BCUT2D eigenvalue weighted by molar-refractivity contribution is 5.81. The summed E-state index contributed by atoms with van der Waals surface area (Å²) in [7, 11) is 6.15. The summed E-state index contributed by atoms with van der Waals surface area (Å²) in [4.78, 5) is 45.8. The van der Waals surface area contributed by atoms with Crippen molar-refractivity contribution >= 4 is 40.9 Å². The molecule has 1 saturated heterocycles. The van der Waals surface area contributed by atoms with E-state index in [0.29, 0.717) is 40.8 Å². The number of imidazole rings is 1. The van der Waals surface area contributed by atoms with Gasteiger partial charge in [-0.1, -0.05) is 19.1 Å². The Labute approximate surface area is 276 Å². The van der Waals surface area contributed by atoms with Crippen LogP contribution in [0.1, 0.15) is 36.5 Å². The van der Waals surface area contributed by atoms with Crippen molar-refractivity contribution in [3.63, 3.8) is 0 Å². The van der Waals surface area contributed by atoms with Crippen LogP contribution in [0.3, 0.4) is 0 Å². The molecule has 0 aliphatic carbocycles. The number of rotatable bonds is 9. The van der Waals surface area contributed by atoms with Gasteiger partial charge in [0.1, 0.15) is 0 Å². The molecule has 0 saturated carbocycles. The average molecular weight is 654 g/mol. The number of piperidine rings is 1. The Morgan fingerprint density at radius 1 is 0.917 bits per heavy atom. The van der Waals surface area contributed by atoms with E-state index >= 15 is 0 Å². The van der Waals surface area contributed by atoms with Crippen LogP contribution in [0.5, 0.6) is 17.5 Å². The fourth-order valence-corrected chi connectivity index (χ4v) is 5.53. The number of nitrogens with one attached hydrogen (secondary N) is 2. The molecule has 3 aromatic heterocycles. The molecule has 48 heavy (non-hydrogen) atoms. The first-order valence-electron chi connectivity index (χ1n) is 15.7. The van der Waals surface area contributed by atoms with Crippen molar-refractivity contribution in [1.29, 1.82) is 0 Å². The Morgan fingerprint density at radius 2 is 1.67 bits per heavy atom. The topological polar surface area (TPSA) is 159 Å². The van der Waals surface area contributed by atoms with Crippen molar-refractivity contribution in [2.45, 2.75) is 33.6 Å². The lowest BCUT2D eigenvalue weighted by molar-refractivity contribution is 0.363. The van der Waals surface area contributed by atoms with Crippen molar-refractivity contribution in [2.75, 3.05) is 35.8 Å². The van der Waals surface area contributed by atoms with E-state index < -0.39 is 11.2 Å². The van der Waals surface area contributed by atoms with E-state index in [1.165, 1.54) is 28.9 Å². The van der Waals surface area contributed by atoms with Gasteiger partial charge >= 0.3 is 11.7 Å². The molecule has 250 valence electrons. The molecule has 1 aliphatic rings. The van der Waals surface area contributed by atoms with Crippen LogP contribution in [0.4, 0.5) is 23.5 Å². The first kappa shape index (κ1) is 32.2. The normalized spacial score (nSPS) is 13.8. The first-order chi connectivity index (χ1) is 23.0. The van der Waals surface area contributed by atoms with Crippen LogP contribution in [-0.4, -0.2) is 60.1 Å². The lowest BCUT2D eigenvalue weighted by atomic mass is 10.00. The number of aryl methyl sites for hydroxylation is 3. The van der Waals surface area contributed by atoms with Crippen LogP contribution < -0.4 is 36.4 Å². The zero-order valence-electron chi connectivity index (χ0n) is 28.1. The minimum atomic E-state index is -0.477. The van der Waals surface area contributed by atoms with E-state index in [-0.39, 0.29) is 17.2 Å². The lowest BCUT2D eigenvalue weighted by Gasteiger charge is -2.30. The highest BCUT2D eigenvalue weighted by Gasteiger charge is 2.21. The molecule has 6 rings (SSSR count). The van der Waals surface area contributed by atoms with Gasteiger partial charge in [0.25, 0.3) is 5.56 Å². The Morgan fingerprint density at radius 3 is 2.42 bits per heavy atom. The lowest BCUT2D eigenvalue weighted by Crippen LogP contribution is -2.37. The van der Waals surface area contributed by atoms with Crippen LogP contribution >= 0.6 is 0 Å². The van der Waals surface area contributed by atoms with Crippen molar-refractivity contribution in [1.82, 2.24) is 33.6 Å². The number of fused-ring (bicyclic) bond motifs is 1. The van der Waals surface area contributed by atoms with E-state index in [4.69, 9.17) is 14.5 Å². The number of hydrogen-bond acceptors (Lipinski definition) is 12. The molecule has 0 atom stereocenters. The number of nitrogens with zero attached hydrogens (tertiary/aromatic N) is 9. The van der Waals surface area contributed by atoms with Crippen LogP contribution in [0.2, 0.25) is 0 Å². The second-order valence-electron chi connectivity index (χ2n) is 12.0. The third-order valence-corrected chi connectivity index (χ3v) is 8.74. The molecule has 2 N–H and O–H groups in total. The minimum Gasteiger partial charge on any atom is -0.493 e.